The number of piperidine rings is 1. The quantitative estimate of drug-likeness (QED) is 0.799. The molecule has 1 aromatic carbocycles. The van der Waals surface area contributed by atoms with Crippen LogP contribution in [0.1, 0.15) is 32.1 Å². The zero-order chi connectivity index (χ0) is 18.7. The molecule has 140 valence electrons. The van der Waals surface area contributed by atoms with Crippen LogP contribution in [0.3, 0.4) is 0 Å². The number of hydrogen-bond donors (Lipinski definition) is 1. The average Bonchev–Trinajstić information content (AvgIpc) is 3.02. The lowest BCUT2D eigenvalue weighted by atomic mass is 9.92. The summed E-state index contributed by atoms with van der Waals surface area (Å²) in [5, 5.41) is 9.45. The molecule has 0 saturated carbocycles. The maximum Gasteiger partial charge on any atom is 0.303 e. The van der Waals surface area contributed by atoms with E-state index in [1.54, 1.807) is 34.1 Å². The predicted octanol–water partition coefficient (Wildman–Crippen LogP) is 2.80. The van der Waals surface area contributed by atoms with Gasteiger partial charge in [-0.3, -0.25) is 14.4 Å². The number of carbonyl (C=O) groups excluding carboxylic acids is 2. The highest BCUT2D eigenvalue weighted by atomic mass is 35.5. The molecule has 0 radical (unpaired) electrons. The predicted molar refractivity (Wildman–Crippen MR) is 98.1 cm³/mol. The van der Waals surface area contributed by atoms with Crippen molar-refractivity contribution in [2.75, 3.05) is 24.5 Å². The summed E-state index contributed by atoms with van der Waals surface area (Å²) in [5.74, 6) is -1.52. The Kier molecular flexibility index (Phi) is 5.81. The van der Waals surface area contributed by atoms with Crippen molar-refractivity contribution in [3.05, 3.63) is 29.3 Å². The first-order chi connectivity index (χ1) is 12.5. The maximum absolute atomic E-state index is 12.9. The van der Waals surface area contributed by atoms with Crippen LogP contribution in [-0.2, 0) is 14.4 Å². The normalized spacial score (nSPS) is 23.3. The number of nitrogens with zero attached hydrogens (tertiary/aromatic N) is 2. The summed E-state index contributed by atoms with van der Waals surface area (Å²) in [6, 6.07) is 7.04. The van der Waals surface area contributed by atoms with E-state index in [2.05, 4.69) is 0 Å². The smallest absolute Gasteiger partial charge is 0.303 e. The van der Waals surface area contributed by atoms with Crippen molar-refractivity contribution in [1.29, 1.82) is 0 Å². The summed E-state index contributed by atoms with van der Waals surface area (Å²) in [7, 11) is 0. The van der Waals surface area contributed by atoms with E-state index in [1.807, 2.05) is 0 Å². The van der Waals surface area contributed by atoms with Gasteiger partial charge in [-0.1, -0.05) is 11.6 Å². The number of carbonyl (C=O) groups is 3. The number of carboxylic acid groups (broad SMARTS) is 1. The topological polar surface area (TPSA) is 77.9 Å². The van der Waals surface area contributed by atoms with Crippen LogP contribution in [0, 0.1) is 11.8 Å². The summed E-state index contributed by atoms with van der Waals surface area (Å²) in [6.45, 7) is 1.72. The third kappa shape index (κ3) is 4.18. The van der Waals surface area contributed by atoms with Crippen LogP contribution in [0.25, 0.3) is 0 Å². The van der Waals surface area contributed by atoms with Gasteiger partial charge in [-0.05, 0) is 55.9 Å². The SMILES string of the molecule is O=C(O)CC[C@@H]1CCCN(C(=O)[C@H]2CCN(c3ccc(Cl)cc3)C2=O)C1. The van der Waals surface area contributed by atoms with Crippen LogP contribution < -0.4 is 4.90 Å². The van der Waals surface area contributed by atoms with Gasteiger partial charge in [-0.15, -0.1) is 0 Å². The van der Waals surface area contributed by atoms with Crippen LogP contribution in [0.2, 0.25) is 5.02 Å². The third-order valence-electron chi connectivity index (χ3n) is 5.24. The second-order valence-corrected chi connectivity index (χ2v) is 7.47. The minimum absolute atomic E-state index is 0.119. The standard InChI is InChI=1S/C19H23ClN2O4/c20-14-4-6-15(7-5-14)22-11-9-16(19(22)26)18(25)21-10-1-2-13(12-21)3-8-17(23)24/h4-7,13,16H,1-3,8-12H2,(H,23,24)/t13-,16+/m0/s1. The van der Waals surface area contributed by atoms with Gasteiger partial charge in [0.2, 0.25) is 11.8 Å². The number of likely N-dealkylation sites (tertiary alicyclic amines) is 1. The largest absolute Gasteiger partial charge is 0.481 e. The summed E-state index contributed by atoms with van der Waals surface area (Å²) in [4.78, 5) is 39.8. The maximum atomic E-state index is 12.9. The summed E-state index contributed by atoms with van der Waals surface area (Å²) in [6.07, 6.45) is 3.01. The van der Waals surface area contributed by atoms with E-state index in [1.165, 1.54) is 0 Å². The van der Waals surface area contributed by atoms with Gasteiger partial charge in [0, 0.05) is 36.8 Å². The van der Waals surface area contributed by atoms with Crippen LogP contribution in [-0.4, -0.2) is 47.4 Å². The van der Waals surface area contributed by atoms with Crippen molar-refractivity contribution < 1.29 is 19.5 Å². The third-order valence-corrected chi connectivity index (χ3v) is 5.49. The van der Waals surface area contributed by atoms with Gasteiger partial charge < -0.3 is 14.9 Å². The molecule has 2 atom stereocenters. The molecule has 2 amide bonds. The molecule has 1 aromatic rings. The lowest BCUT2D eigenvalue weighted by Gasteiger charge is -2.34. The van der Waals surface area contributed by atoms with E-state index in [-0.39, 0.29) is 24.2 Å². The van der Waals surface area contributed by atoms with E-state index in [9.17, 15) is 14.4 Å². The number of aliphatic carboxylic acids is 1. The van der Waals surface area contributed by atoms with Gasteiger partial charge in [-0.25, -0.2) is 0 Å². The molecule has 2 heterocycles. The van der Waals surface area contributed by atoms with Crippen molar-refractivity contribution >= 4 is 35.1 Å². The first-order valence-corrected chi connectivity index (χ1v) is 9.41. The Morgan fingerprint density at radius 1 is 1.15 bits per heavy atom. The molecule has 7 heteroatoms. The molecule has 2 saturated heterocycles. The Hall–Kier alpha value is -2.08. The number of carboxylic acids is 1. The fourth-order valence-electron chi connectivity index (χ4n) is 3.84. The van der Waals surface area contributed by atoms with E-state index in [4.69, 9.17) is 16.7 Å². The number of anilines is 1. The second-order valence-electron chi connectivity index (χ2n) is 7.03. The molecule has 1 N–H and O–H groups in total. The summed E-state index contributed by atoms with van der Waals surface area (Å²) in [5.41, 5.74) is 0.757. The van der Waals surface area contributed by atoms with E-state index < -0.39 is 11.9 Å². The van der Waals surface area contributed by atoms with E-state index >= 15 is 0 Å². The van der Waals surface area contributed by atoms with Crippen molar-refractivity contribution in [3.63, 3.8) is 0 Å². The van der Waals surface area contributed by atoms with Crippen molar-refractivity contribution in [3.8, 4) is 0 Å². The van der Waals surface area contributed by atoms with Crippen molar-refractivity contribution in [1.82, 2.24) is 4.90 Å². The number of rotatable bonds is 5. The molecule has 2 aliphatic heterocycles. The van der Waals surface area contributed by atoms with Crippen LogP contribution in [0.4, 0.5) is 5.69 Å². The molecule has 0 aromatic heterocycles. The van der Waals surface area contributed by atoms with Gasteiger partial charge in [-0.2, -0.15) is 0 Å². The Morgan fingerprint density at radius 2 is 1.88 bits per heavy atom. The van der Waals surface area contributed by atoms with Gasteiger partial charge in [0.15, 0.2) is 0 Å². The zero-order valence-corrected chi connectivity index (χ0v) is 15.3. The van der Waals surface area contributed by atoms with Gasteiger partial charge >= 0.3 is 5.97 Å². The van der Waals surface area contributed by atoms with Gasteiger partial charge in [0.05, 0.1) is 0 Å². The van der Waals surface area contributed by atoms with Crippen LogP contribution in [0.5, 0.6) is 0 Å². The van der Waals surface area contributed by atoms with Crippen LogP contribution in [0.15, 0.2) is 24.3 Å². The molecule has 2 fully saturated rings. The van der Waals surface area contributed by atoms with Crippen molar-refractivity contribution in [2.24, 2.45) is 11.8 Å². The fourth-order valence-corrected chi connectivity index (χ4v) is 3.96. The lowest BCUT2D eigenvalue weighted by molar-refractivity contribution is -0.141. The Bertz CT molecular complexity index is 691. The number of benzene rings is 1. The molecule has 3 rings (SSSR count). The summed E-state index contributed by atoms with van der Waals surface area (Å²) < 4.78 is 0. The minimum Gasteiger partial charge on any atom is -0.481 e. The summed E-state index contributed by atoms with van der Waals surface area (Å²) >= 11 is 5.89. The highest BCUT2D eigenvalue weighted by Gasteiger charge is 2.40. The Balaban J connectivity index is 1.62. The average molecular weight is 379 g/mol. The molecule has 26 heavy (non-hydrogen) atoms. The first-order valence-electron chi connectivity index (χ1n) is 9.03. The van der Waals surface area contributed by atoms with Gasteiger partial charge in [0.1, 0.15) is 5.92 Å². The highest BCUT2D eigenvalue weighted by Crippen LogP contribution is 2.29. The van der Waals surface area contributed by atoms with E-state index in [0.717, 1.165) is 18.5 Å². The number of halogens is 1. The van der Waals surface area contributed by atoms with Crippen LogP contribution >= 0.6 is 11.6 Å². The molecule has 2 aliphatic rings. The number of hydrogen-bond acceptors (Lipinski definition) is 3. The molecular weight excluding hydrogens is 356 g/mol. The molecule has 6 nitrogen and oxygen atoms in total. The monoisotopic (exact) mass is 378 g/mol. The van der Waals surface area contributed by atoms with Gasteiger partial charge in [0.25, 0.3) is 0 Å². The fraction of sp³-hybridized carbons (Fsp3) is 0.526. The molecule has 0 bridgehead atoms. The molecule has 0 unspecified atom stereocenters. The molecule has 0 aliphatic carbocycles. The molecule has 0 spiro atoms. The molecular formula is C19H23ClN2O4. The number of amides is 2. The zero-order valence-electron chi connectivity index (χ0n) is 14.6. The Morgan fingerprint density at radius 3 is 2.58 bits per heavy atom. The lowest BCUT2D eigenvalue weighted by Crippen LogP contribution is -2.45. The minimum atomic E-state index is -0.807. The van der Waals surface area contributed by atoms with Crippen molar-refractivity contribution in [2.45, 2.75) is 32.1 Å². The second kappa shape index (κ2) is 8.08. The highest BCUT2D eigenvalue weighted by molar-refractivity contribution is 6.30. The Labute approximate surface area is 157 Å². The first kappa shape index (κ1) is 18.7. The van der Waals surface area contributed by atoms with E-state index in [0.29, 0.717) is 37.5 Å².